The van der Waals surface area contributed by atoms with E-state index < -0.39 is 0 Å². The number of carbonyl (C=O) groups is 1. The number of ketones is 1. The van der Waals surface area contributed by atoms with Crippen LogP contribution in [-0.2, 0) is 9.47 Å². The summed E-state index contributed by atoms with van der Waals surface area (Å²) in [4.78, 5) is 12.8. The van der Waals surface area contributed by atoms with Crippen LogP contribution >= 0.6 is 0 Å². The van der Waals surface area contributed by atoms with E-state index in [9.17, 15) is 4.79 Å². The molecular weight excluding hydrogens is 276 g/mol. The largest absolute Gasteiger partial charge is 0.464 e. The number of rotatable bonds is 4. The number of hydrogen-bond donors (Lipinski definition) is 0. The molecule has 0 aromatic heterocycles. The minimum Gasteiger partial charge on any atom is -0.464 e. The van der Waals surface area contributed by atoms with E-state index in [2.05, 4.69) is 0 Å². The summed E-state index contributed by atoms with van der Waals surface area (Å²) in [5, 5.41) is 0. The van der Waals surface area contributed by atoms with Crippen molar-refractivity contribution in [3.63, 3.8) is 0 Å². The van der Waals surface area contributed by atoms with Crippen LogP contribution in [0.4, 0.5) is 0 Å². The van der Waals surface area contributed by atoms with Crippen LogP contribution in [0, 0.1) is 0 Å². The first-order chi connectivity index (χ1) is 10.8. The Bertz CT molecular complexity index is 674. The molecular formula is C19H18O3. The number of benzene rings is 2. The molecule has 1 aliphatic heterocycles. The molecule has 0 aliphatic carbocycles. The maximum absolute atomic E-state index is 12.8. The van der Waals surface area contributed by atoms with Gasteiger partial charge in [0.05, 0.1) is 0 Å². The molecule has 0 amide bonds. The van der Waals surface area contributed by atoms with Crippen LogP contribution in [0.2, 0.25) is 0 Å². The lowest BCUT2D eigenvalue weighted by Crippen LogP contribution is -2.23. The normalized spacial score (nSPS) is 18.0. The fraction of sp³-hybridized carbons (Fsp3) is 0.211. The van der Waals surface area contributed by atoms with Gasteiger partial charge < -0.3 is 9.47 Å². The zero-order chi connectivity index (χ0) is 15.4. The van der Waals surface area contributed by atoms with E-state index >= 15 is 0 Å². The third-order valence-corrected chi connectivity index (χ3v) is 3.76. The van der Waals surface area contributed by atoms with Crippen molar-refractivity contribution in [2.75, 3.05) is 7.11 Å². The standard InChI is InChI=1S/C19H18O3/c1-21-17-13-12-16(18(20)14-8-4-2-5-9-14)19(22-17)15-10-6-3-7-11-15/h2-11,17H,12-13H2,1H3. The molecule has 3 nitrogen and oxygen atoms in total. The van der Waals surface area contributed by atoms with Crippen molar-refractivity contribution in [2.45, 2.75) is 19.1 Å². The molecule has 0 bridgehead atoms. The Morgan fingerprint density at radius 2 is 1.68 bits per heavy atom. The highest BCUT2D eigenvalue weighted by molar-refractivity contribution is 6.12. The molecule has 22 heavy (non-hydrogen) atoms. The number of Topliss-reactive ketones (excluding diaryl/α,β-unsaturated/α-hetero) is 1. The summed E-state index contributed by atoms with van der Waals surface area (Å²) >= 11 is 0. The third-order valence-electron chi connectivity index (χ3n) is 3.76. The first-order valence-electron chi connectivity index (χ1n) is 7.37. The van der Waals surface area contributed by atoms with Crippen LogP contribution in [0.3, 0.4) is 0 Å². The van der Waals surface area contributed by atoms with Crippen LogP contribution in [0.25, 0.3) is 5.76 Å². The molecule has 0 saturated carbocycles. The molecule has 2 aromatic carbocycles. The zero-order valence-corrected chi connectivity index (χ0v) is 12.5. The minimum absolute atomic E-state index is 0.0222. The Labute approximate surface area is 130 Å². The Morgan fingerprint density at radius 3 is 2.32 bits per heavy atom. The Morgan fingerprint density at radius 1 is 1.05 bits per heavy atom. The van der Waals surface area contributed by atoms with Crippen molar-refractivity contribution in [3.05, 3.63) is 77.4 Å². The molecule has 1 unspecified atom stereocenters. The Hall–Kier alpha value is -2.39. The van der Waals surface area contributed by atoms with Gasteiger partial charge in [0, 0.05) is 30.2 Å². The van der Waals surface area contributed by atoms with E-state index in [1.165, 1.54) is 0 Å². The van der Waals surface area contributed by atoms with Crippen molar-refractivity contribution < 1.29 is 14.3 Å². The van der Waals surface area contributed by atoms with Gasteiger partial charge in [-0.1, -0.05) is 60.7 Å². The molecule has 0 spiro atoms. The van der Waals surface area contributed by atoms with Gasteiger partial charge in [-0.2, -0.15) is 0 Å². The van der Waals surface area contributed by atoms with E-state index in [4.69, 9.17) is 9.47 Å². The van der Waals surface area contributed by atoms with Crippen molar-refractivity contribution in [1.29, 1.82) is 0 Å². The predicted octanol–water partition coefficient (Wildman–Crippen LogP) is 4.06. The molecule has 1 heterocycles. The summed E-state index contributed by atoms with van der Waals surface area (Å²) in [5.74, 6) is 0.654. The summed E-state index contributed by atoms with van der Waals surface area (Å²) in [5.41, 5.74) is 2.31. The maximum Gasteiger partial charge on any atom is 0.199 e. The van der Waals surface area contributed by atoms with E-state index in [1.54, 1.807) is 7.11 Å². The minimum atomic E-state index is -0.303. The molecule has 0 fully saturated rings. The van der Waals surface area contributed by atoms with Crippen LogP contribution < -0.4 is 0 Å². The summed E-state index contributed by atoms with van der Waals surface area (Å²) in [6, 6.07) is 19.0. The number of ether oxygens (including phenoxy) is 2. The molecule has 3 heteroatoms. The van der Waals surface area contributed by atoms with Gasteiger partial charge in [0.25, 0.3) is 0 Å². The highest BCUT2D eigenvalue weighted by Crippen LogP contribution is 2.33. The van der Waals surface area contributed by atoms with E-state index in [0.29, 0.717) is 29.7 Å². The molecule has 0 saturated heterocycles. The summed E-state index contributed by atoms with van der Waals surface area (Å²) in [6.07, 6.45) is 1.03. The van der Waals surface area contributed by atoms with Gasteiger partial charge >= 0.3 is 0 Å². The smallest absolute Gasteiger partial charge is 0.199 e. The quantitative estimate of drug-likeness (QED) is 0.798. The third kappa shape index (κ3) is 2.95. The molecule has 0 radical (unpaired) electrons. The van der Waals surface area contributed by atoms with Crippen LogP contribution in [0.15, 0.2) is 66.2 Å². The predicted molar refractivity (Wildman–Crippen MR) is 85.3 cm³/mol. The topological polar surface area (TPSA) is 35.5 Å². The van der Waals surface area contributed by atoms with E-state index in [-0.39, 0.29) is 12.1 Å². The highest BCUT2D eigenvalue weighted by atomic mass is 16.7. The zero-order valence-electron chi connectivity index (χ0n) is 12.5. The Kier molecular flexibility index (Phi) is 4.35. The van der Waals surface area contributed by atoms with Gasteiger partial charge in [0.15, 0.2) is 12.1 Å². The van der Waals surface area contributed by atoms with Crippen molar-refractivity contribution in [3.8, 4) is 0 Å². The summed E-state index contributed by atoms with van der Waals surface area (Å²) in [6.45, 7) is 0. The molecule has 0 N–H and O–H groups in total. The van der Waals surface area contributed by atoms with Gasteiger partial charge in [0.1, 0.15) is 5.76 Å². The molecule has 112 valence electrons. The number of carbonyl (C=O) groups excluding carboxylic acids is 1. The van der Waals surface area contributed by atoms with Gasteiger partial charge in [0.2, 0.25) is 0 Å². The monoisotopic (exact) mass is 294 g/mol. The fourth-order valence-electron chi connectivity index (χ4n) is 2.62. The average molecular weight is 294 g/mol. The lowest BCUT2D eigenvalue weighted by atomic mass is 9.94. The first-order valence-corrected chi connectivity index (χ1v) is 7.37. The van der Waals surface area contributed by atoms with Crippen LogP contribution in [0.1, 0.15) is 28.8 Å². The van der Waals surface area contributed by atoms with Crippen molar-refractivity contribution in [1.82, 2.24) is 0 Å². The number of hydrogen-bond acceptors (Lipinski definition) is 3. The van der Waals surface area contributed by atoms with E-state index in [1.807, 2.05) is 60.7 Å². The summed E-state index contributed by atoms with van der Waals surface area (Å²) < 4.78 is 11.2. The fourth-order valence-corrected chi connectivity index (χ4v) is 2.62. The van der Waals surface area contributed by atoms with Gasteiger partial charge in [-0.25, -0.2) is 0 Å². The van der Waals surface area contributed by atoms with Crippen LogP contribution in [0.5, 0.6) is 0 Å². The summed E-state index contributed by atoms with van der Waals surface area (Å²) in [7, 11) is 1.62. The van der Waals surface area contributed by atoms with Crippen molar-refractivity contribution in [2.24, 2.45) is 0 Å². The first kappa shape index (κ1) is 14.5. The van der Waals surface area contributed by atoms with Gasteiger partial charge in [-0.15, -0.1) is 0 Å². The molecule has 3 rings (SSSR count). The van der Waals surface area contributed by atoms with Crippen molar-refractivity contribution >= 4 is 11.5 Å². The highest BCUT2D eigenvalue weighted by Gasteiger charge is 2.27. The molecule has 2 aromatic rings. The number of methoxy groups -OCH3 is 1. The van der Waals surface area contributed by atoms with Gasteiger partial charge in [-0.3, -0.25) is 4.79 Å². The number of allylic oxidation sites excluding steroid dienone is 1. The van der Waals surface area contributed by atoms with Gasteiger partial charge in [-0.05, 0) is 6.42 Å². The molecule has 1 aliphatic rings. The second-order valence-electron chi connectivity index (χ2n) is 5.19. The Balaban J connectivity index is 2.03. The second-order valence-corrected chi connectivity index (χ2v) is 5.19. The maximum atomic E-state index is 12.8. The lowest BCUT2D eigenvalue weighted by molar-refractivity contribution is -0.0821. The average Bonchev–Trinajstić information content (AvgIpc) is 2.62. The SMILES string of the molecule is COC1CCC(C(=O)c2ccccc2)=C(c2ccccc2)O1. The van der Waals surface area contributed by atoms with Crippen LogP contribution in [-0.4, -0.2) is 19.2 Å². The van der Waals surface area contributed by atoms with E-state index in [0.717, 1.165) is 5.56 Å². The second kappa shape index (κ2) is 6.58. The lowest BCUT2D eigenvalue weighted by Gasteiger charge is -2.27. The molecule has 1 atom stereocenters.